The lowest BCUT2D eigenvalue weighted by atomic mass is 10.1. The quantitative estimate of drug-likeness (QED) is 0.264. The second-order valence-electron chi connectivity index (χ2n) is 4.16. The number of unbranched alkanes of at least 4 members (excludes halogenated alkanes) is 6. The van der Waals surface area contributed by atoms with E-state index < -0.39 is 0 Å². The zero-order valence-corrected chi connectivity index (χ0v) is 16.7. The summed E-state index contributed by atoms with van der Waals surface area (Å²) in [6.07, 6.45) is 11.5. The minimum Gasteiger partial charge on any atom is -0.428 e. The fourth-order valence-corrected chi connectivity index (χ4v) is 16.8. The predicted octanol–water partition coefficient (Wildman–Crippen LogP) is -0.549. The van der Waals surface area contributed by atoms with Crippen LogP contribution in [0.5, 0.6) is 0 Å². The first-order chi connectivity index (χ1) is 7.41. The van der Waals surface area contributed by atoms with Crippen LogP contribution in [-0.4, -0.2) is 42.8 Å². The van der Waals surface area contributed by atoms with Gasteiger partial charge >= 0.3 is 0 Å². The number of hydrogen-bond acceptors (Lipinski definition) is 1. The highest BCUT2D eigenvalue weighted by Crippen LogP contribution is 2.07. The highest BCUT2D eigenvalue weighted by Gasteiger charge is 1.92. The Morgan fingerprint density at radius 1 is 1.07 bits per heavy atom. The predicted molar refractivity (Wildman–Crippen MR) is 84.0 cm³/mol. The normalized spacial score (nSPS) is 13.1. The van der Waals surface area contributed by atoms with Crippen LogP contribution in [0.1, 0.15) is 44.9 Å². The van der Waals surface area contributed by atoms with Crippen LogP contribution in [0.4, 0.5) is 0 Å². The fraction of sp³-hybridized carbons (Fsp3) is 0.800. The average Bonchev–Trinajstić information content (AvgIpc) is 2.26. The monoisotopic (exact) mass is 276 g/mol. The van der Waals surface area contributed by atoms with E-state index in [4.69, 9.17) is 4.43 Å². The van der Waals surface area contributed by atoms with Crippen molar-refractivity contribution >= 4 is 36.1 Å². The lowest BCUT2D eigenvalue weighted by Crippen LogP contribution is -2.16. The minimum atomic E-state index is 0.0848. The van der Waals surface area contributed by atoms with Crippen molar-refractivity contribution < 1.29 is 4.43 Å². The Kier molecular flexibility index (Phi) is 15.1. The average molecular weight is 277 g/mol. The van der Waals surface area contributed by atoms with Gasteiger partial charge in [0.15, 0.2) is 0 Å². The molecule has 0 fully saturated rings. The molecule has 0 rings (SSSR count). The van der Waals surface area contributed by atoms with E-state index >= 15 is 0 Å². The van der Waals surface area contributed by atoms with E-state index in [9.17, 15) is 0 Å². The molecule has 5 heteroatoms. The Balaban J connectivity index is 2.83. The Bertz CT molecular complexity index is 133. The van der Waals surface area contributed by atoms with Crippen molar-refractivity contribution in [3.8, 4) is 0 Å². The first-order valence-corrected chi connectivity index (χ1v) is 20.8. The number of rotatable bonds is 12. The molecule has 0 aromatic heterocycles. The molecule has 0 spiro atoms. The Hall–Kier alpha value is 0.568. The van der Waals surface area contributed by atoms with Crippen LogP contribution in [0.15, 0.2) is 12.7 Å². The van der Waals surface area contributed by atoms with Gasteiger partial charge in [0.05, 0.1) is 0 Å². The molecule has 0 bridgehead atoms. The molecule has 0 heterocycles. The highest BCUT2D eigenvalue weighted by atomic mass is 29.7. The third-order valence-electron chi connectivity index (χ3n) is 2.59. The highest BCUT2D eigenvalue weighted by molar-refractivity contribution is 7.40. The lowest BCUT2D eigenvalue weighted by Gasteiger charge is -2.03. The first-order valence-electron chi connectivity index (χ1n) is 6.60. The zero-order chi connectivity index (χ0) is 11.2. The second-order valence-corrected chi connectivity index (χ2v) is 28.4. The van der Waals surface area contributed by atoms with E-state index in [2.05, 4.69) is 6.58 Å². The van der Waals surface area contributed by atoms with Crippen LogP contribution in [0.2, 0.25) is 0 Å². The maximum absolute atomic E-state index is 5.76. The molecule has 0 aliphatic carbocycles. The molecule has 90 valence electrons. The van der Waals surface area contributed by atoms with Gasteiger partial charge in [0.25, 0.3) is 0 Å². The molecular formula is C10H28OSi4. The van der Waals surface area contributed by atoms with Crippen molar-refractivity contribution in [3.05, 3.63) is 12.7 Å². The topological polar surface area (TPSA) is 9.23 Å². The second kappa shape index (κ2) is 14.6. The van der Waals surface area contributed by atoms with Crippen LogP contribution in [0.25, 0.3) is 0 Å². The molecule has 0 aliphatic heterocycles. The van der Waals surface area contributed by atoms with Gasteiger partial charge in [-0.25, -0.2) is 0 Å². The van der Waals surface area contributed by atoms with Gasteiger partial charge in [-0.1, -0.05) is 31.8 Å². The number of allylic oxidation sites excluding steroid dienone is 1. The van der Waals surface area contributed by atoms with E-state index in [-0.39, 0.29) is 9.28 Å². The van der Waals surface area contributed by atoms with Crippen molar-refractivity contribution in [2.75, 3.05) is 6.61 Å². The third kappa shape index (κ3) is 14.6. The lowest BCUT2D eigenvalue weighted by molar-refractivity contribution is 0.328. The maximum atomic E-state index is 5.76. The van der Waals surface area contributed by atoms with Gasteiger partial charge in [0, 0.05) is 15.2 Å². The third-order valence-corrected chi connectivity index (χ3v) is 36.1. The van der Waals surface area contributed by atoms with Crippen molar-refractivity contribution in [3.63, 3.8) is 0 Å². The van der Waals surface area contributed by atoms with Crippen molar-refractivity contribution in [2.24, 2.45) is 0 Å². The Morgan fingerprint density at radius 3 is 2.40 bits per heavy atom. The Morgan fingerprint density at radius 2 is 1.73 bits per heavy atom. The van der Waals surface area contributed by atoms with Crippen molar-refractivity contribution in [1.29, 1.82) is 0 Å². The standard InChI is InChI=1S/C10H28OSi4/c1-2-3-4-5-6-7-8-9-10-11-13-15-14-12/h2H,1,3-10,13-15H2,12H3. The van der Waals surface area contributed by atoms with Crippen LogP contribution in [-0.2, 0) is 4.43 Å². The smallest absolute Gasteiger partial charge is 0.140 e. The van der Waals surface area contributed by atoms with Gasteiger partial charge in [0.1, 0.15) is 9.28 Å². The van der Waals surface area contributed by atoms with E-state index in [0.717, 1.165) is 6.61 Å². The molecule has 0 N–H and O–H groups in total. The first kappa shape index (κ1) is 15.6. The van der Waals surface area contributed by atoms with Crippen LogP contribution in [0, 0.1) is 0 Å². The van der Waals surface area contributed by atoms with Crippen LogP contribution < -0.4 is 0 Å². The summed E-state index contributed by atoms with van der Waals surface area (Å²) in [7, 11) is 2.68. The summed E-state index contributed by atoms with van der Waals surface area (Å²) in [6.45, 7) is 4.84. The summed E-state index contributed by atoms with van der Waals surface area (Å²) in [5.41, 5.74) is 0. The molecule has 0 saturated heterocycles. The van der Waals surface area contributed by atoms with Crippen molar-refractivity contribution in [1.82, 2.24) is 0 Å². The summed E-state index contributed by atoms with van der Waals surface area (Å²) in [5, 5.41) is 0. The molecule has 0 aromatic carbocycles. The van der Waals surface area contributed by atoms with Gasteiger partial charge in [-0.3, -0.25) is 0 Å². The minimum absolute atomic E-state index is 0.0848. The maximum Gasteiger partial charge on any atom is 0.140 e. The summed E-state index contributed by atoms with van der Waals surface area (Å²) in [6, 6.07) is 0. The van der Waals surface area contributed by atoms with Gasteiger partial charge < -0.3 is 4.43 Å². The van der Waals surface area contributed by atoms with Gasteiger partial charge in [-0.2, -0.15) is 0 Å². The summed E-state index contributed by atoms with van der Waals surface area (Å²) in [4.78, 5) is 0. The van der Waals surface area contributed by atoms with Crippen molar-refractivity contribution in [2.45, 2.75) is 44.9 Å². The fourth-order valence-electron chi connectivity index (χ4n) is 1.55. The molecule has 0 radical (unpaired) electrons. The van der Waals surface area contributed by atoms with E-state index in [1.165, 1.54) is 44.9 Å². The van der Waals surface area contributed by atoms with Gasteiger partial charge in [0.2, 0.25) is 0 Å². The van der Waals surface area contributed by atoms with Crippen LogP contribution >= 0.6 is 0 Å². The Labute approximate surface area is 105 Å². The molecule has 0 amide bonds. The SMILES string of the molecule is C=CCCCCCCCCO[SiH2][SiH2][SiH2][SiH3]. The summed E-state index contributed by atoms with van der Waals surface area (Å²) < 4.78 is 5.76. The molecule has 1 nitrogen and oxygen atoms in total. The van der Waals surface area contributed by atoms with Gasteiger partial charge in [-0.05, 0) is 37.6 Å². The molecule has 0 aromatic rings. The number of hydrogen-bond donors (Lipinski definition) is 0. The summed E-state index contributed by atoms with van der Waals surface area (Å²) >= 11 is 0. The molecule has 0 unspecified atom stereocenters. The molecule has 15 heavy (non-hydrogen) atoms. The van der Waals surface area contributed by atoms with E-state index in [1.54, 1.807) is 9.76 Å². The zero-order valence-electron chi connectivity index (χ0n) is 10.5. The summed E-state index contributed by atoms with van der Waals surface area (Å²) in [5.74, 6) is 0. The molecular weight excluding hydrogens is 248 g/mol. The molecule has 0 saturated carbocycles. The van der Waals surface area contributed by atoms with E-state index in [1.807, 2.05) is 6.08 Å². The largest absolute Gasteiger partial charge is 0.428 e. The molecule has 0 aliphatic rings. The molecule has 0 atom stereocenters. The van der Waals surface area contributed by atoms with E-state index in [0.29, 0.717) is 17.1 Å². The van der Waals surface area contributed by atoms with Gasteiger partial charge in [-0.15, -0.1) is 6.58 Å². The van der Waals surface area contributed by atoms with Crippen LogP contribution in [0.3, 0.4) is 0 Å².